The molecule has 0 aromatic heterocycles. The summed E-state index contributed by atoms with van der Waals surface area (Å²) in [5.74, 6) is -0.409. The van der Waals surface area contributed by atoms with Crippen LogP contribution in [0.3, 0.4) is 0 Å². The van der Waals surface area contributed by atoms with Crippen molar-refractivity contribution in [3.8, 4) is 0 Å². The quantitative estimate of drug-likeness (QED) is 0.0197. The topological polar surface area (TPSA) is 178 Å². The summed E-state index contributed by atoms with van der Waals surface area (Å²) in [6.45, 7) is 3.96. The van der Waals surface area contributed by atoms with E-state index in [2.05, 4.69) is 54.5 Å². The lowest BCUT2D eigenvalue weighted by Gasteiger charge is -2.41. The molecule has 13 heteroatoms. The van der Waals surface area contributed by atoms with Gasteiger partial charge in [0, 0.05) is 13.0 Å². The Hall–Kier alpha value is -1.68. The molecule has 0 aromatic rings. The van der Waals surface area contributed by atoms with Crippen molar-refractivity contribution in [3.05, 3.63) is 36.5 Å². The first kappa shape index (κ1) is 58.3. The molecule has 0 amide bonds. The molecule has 1 aliphatic heterocycles. The highest BCUT2D eigenvalue weighted by molar-refractivity contribution is 7.80. The van der Waals surface area contributed by atoms with Gasteiger partial charge < -0.3 is 34.3 Å². The number of aliphatic hydroxyl groups is 3. The molecule has 1 saturated heterocycles. The first-order valence-electron chi connectivity index (χ1n) is 24.7. The Labute approximate surface area is 377 Å². The van der Waals surface area contributed by atoms with Gasteiger partial charge in [-0.25, -0.2) is 4.18 Å². The number of unbranched alkanes of at least 4 members (excludes halogenated alkanes) is 24. The molecule has 1 rings (SSSR count). The average Bonchev–Trinajstić information content (AvgIpc) is 3.24. The van der Waals surface area contributed by atoms with Crippen LogP contribution in [0.1, 0.15) is 206 Å². The van der Waals surface area contributed by atoms with Crippen LogP contribution in [0.4, 0.5) is 0 Å². The Balaban J connectivity index is 2.39. The number of aliphatic hydroxyl groups excluding tert-OH is 3. The highest BCUT2D eigenvalue weighted by atomic mass is 32.3. The molecule has 6 atom stereocenters. The van der Waals surface area contributed by atoms with Crippen molar-refractivity contribution in [3.63, 3.8) is 0 Å². The van der Waals surface area contributed by atoms with Crippen molar-refractivity contribution in [1.29, 1.82) is 0 Å². The van der Waals surface area contributed by atoms with Crippen LogP contribution in [-0.4, -0.2) is 97.5 Å². The van der Waals surface area contributed by atoms with Gasteiger partial charge in [-0.2, -0.15) is 8.42 Å². The molecule has 0 bridgehead atoms. The summed E-state index contributed by atoms with van der Waals surface area (Å²) in [7, 11) is -5.06. The van der Waals surface area contributed by atoms with Gasteiger partial charge in [0.1, 0.15) is 30.5 Å². The van der Waals surface area contributed by atoms with E-state index in [-0.39, 0.29) is 19.6 Å². The molecule has 0 saturated carbocycles. The largest absolute Gasteiger partial charge is 0.457 e. The molecule has 0 radical (unpaired) electrons. The number of hydrogen-bond donors (Lipinski definition) is 4. The Morgan fingerprint density at radius 1 is 0.613 bits per heavy atom. The first-order chi connectivity index (χ1) is 30.1. The van der Waals surface area contributed by atoms with Crippen molar-refractivity contribution < 1.29 is 56.2 Å². The number of allylic oxidation sites excluding steroid dienone is 6. The van der Waals surface area contributed by atoms with Crippen LogP contribution in [0, 0.1) is 0 Å². The third-order valence-corrected chi connectivity index (χ3v) is 11.7. The lowest BCUT2D eigenvalue weighted by molar-refractivity contribution is -0.301. The van der Waals surface area contributed by atoms with E-state index >= 15 is 0 Å². The van der Waals surface area contributed by atoms with Crippen molar-refractivity contribution in [1.82, 2.24) is 0 Å². The normalized spacial score (nSPS) is 20.3. The predicted molar refractivity (Wildman–Crippen MR) is 248 cm³/mol. The zero-order valence-corrected chi connectivity index (χ0v) is 39.7. The second-order valence-corrected chi connectivity index (χ2v) is 18.1. The maximum Gasteiger partial charge on any atom is 0.397 e. The number of esters is 1. The maximum atomic E-state index is 12.9. The monoisotopic (exact) mass is 903 g/mol. The summed E-state index contributed by atoms with van der Waals surface area (Å²) in [4.78, 5) is 12.9. The van der Waals surface area contributed by atoms with E-state index in [4.69, 9.17) is 18.9 Å². The Morgan fingerprint density at radius 2 is 1.06 bits per heavy atom. The highest BCUT2D eigenvalue weighted by Crippen LogP contribution is 2.26. The third kappa shape index (κ3) is 33.8. The van der Waals surface area contributed by atoms with Gasteiger partial charge >= 0.3 is 16.4 Å². The zero-order chi connectivity index (χ0) is 45.4. The van der Waals surface area contributed by atoms with Gasteiger partial charge in [-0.15, -0.1) is 0 Å². The summed E-state index contributed by atoms with van der Waals surface area (Å²) in [5, 5.41) is 30.7. The second kappa shape index (κ2) is 40.8. The maximum absolute atomic E-state index is 12.9. The minimum atomic E-state index is -5.06. The minimum absolute atomic E-state index is 0.0296. The molecular weight excluding hydrogens is 813 g/mol. The van der Waals surface area contributed by atoms with Gasteiger partial charge in [-0.3, -0.25) is 9.35 Å². The Morgan fingerprint density at radius 3 is 1.56 bits per heavy atom. The Bertz CT molecular complexity index is 1230. The minimum Gasteiger partial charge on any atom is -0.457 e. The molecule has 364 valence electrons. The molecule has 0 spiro atoms. The summed E-state index contributed by atoms with van der Waals surface area (Å²) >= 11 is 0. The summed E-state index contributed by atoms with van der Waals surface area (Å²) in [6, 6.07) is 0. The number of rotatable bonds is 43. The number of hydrogen-bond acceptors (Lipinski definition) is 11. The third-order valence-electron chi connectivity index (χ3n) is 11.2. The predicted octanol–water partition coefficient (Wildman–Crippen LogP) is 11.0. The molecule has 4 N–H and O–H groups in total. The fourth-order valence-electron chi connectivity index (χ4n) is 7.46. The fraction of sp³-hybridized carbons (Fsp3) is 0.857. The van der Waals surface area contributed by atoms with Gasteiger partial charge in [0.15, 0.2) is 6.29 Å². The van der Waals surface area contributed by atoms with Crippen LogP contribution in [0.15, 0.2) is 36.5 Å². The van der Waals surface area contributed by atoms with Crippen LogP contribution in [-0.2, 0) is 38.3 Å². The van der Waals surface area contributed by atoms with Gasteiger partial charge in [0.25, 0.3) is 0 Å². The van der Waals surface area contributed by atoms with Crippen LogP contribution in [0.25, 0.3) is 0 Å². The average molecular weight is 903 g/mol. The molecule has 0 aromatic carbocycles. The van der Waals surface area contributed by atoms with Crippen molar-refractivity contribution in [2.75, 3.05) is 26.4 Å². The van der Waals surface area contributed by atoms with E-state index in [0.29, 0.717) is 13.0 Å². The van der Waals surface area contributed by atoms with Gasteiger partial charge in [-0.05, 0) is 70.6 Å². The molecule has 62 heavy (non-hydrogen) atoms. The lowest BCUT2D eigenvalue weighted by Crippen LogP contribution is -2.60. The summed E-state index contributed by atoms with van der Waals surface area (Å²) in [6.07, 6.45) is 38.8. The second-order valence-electron chi connectivity index (χ2n) is 17.0. The van der Waals surface area contributed by atoms with E-state index in [9.17, 15) is 33.1 Å². The lowest BCUT2D eigenvalue weighted by atomic mass is 9.99. The molecule has 1 fully saturated rings. The van der Waals surface area contributed by atoms with E-state index in [1.165, 1.54) is 109 Å². The van der Waals surface area contributed by atoms with Crippen molar-refractivity contribution in [2.45, 2.75) is 243 Å². The number of carbonyl (C=O) groups excluding carboxylic acids is 1. The highest BCUT2D eigenvalue weighted by Gasteiger charge is 2.48. The molecule has 1 heterocycles. The molecule has 0 aliphatic carbocycles. The van der Waals surface area contributed by atoms with Gasteiger partial charge in [0.2, 0.25) is 0 Å². The summed E-state index contributed by atoms with van der Waals surface area (Å²) in [5.41, 5.74) is 0. The first-order valence-corrected chi connectivity index (χ1v) is 26.1. The van der Waals surface area contributed by atoms with E-state index in [1.54, 1.807) is 0 Å². The molecule has 12 nitrogen and oxygen atoms in total. The van der Waals surface area contributed by atoms with Crippen LogP contribution in [0.5, 0.6) is 0 Å². The van der Waals surface area contributed by atoms with Crippen molar-refractivity contribution >= 4 is 16.4 Å². The number of ether oxygens (including phenoxy) is 4. The van der Waals surface area contributed by atoms with E-state index in [0.717, 1.165) is 70.6 Å². The zero-order valence-electron chi connectivity index (χ0n) is 38.9. The fourth-order valence-corrected chi connectivity index (χ4v) is 7.97. The molecule has 1 aliphatic rings. The van der Waals surface area contributed by atoms with Crippen LogP contribution < -0.4 is 0 Å². The van der Waals surface area contributed by atoms with Crippen LogP contribution in [0.2, 0.25) is 0 Å². The van der Waals surface area contributed by atoms with Gasteiger partial charge in [-0.1, -0.05) is 166 Å². The smallest absolute Gasteiger partial charge is 0.397 e. The Kier molecular flexibility index (Phi) is 38.4. The van der Waals surface area contributed by atoms with Crippen molar-refractivity contribution in [2.24, 2.45) is 0 Å². The molecule has 6 unspecified atom stereocenters. The van der Waals surface area contributed by atoms with Crippen LogP contribution >= 0.6 is 0 Å². The SMILES string of the molecule is CCCCCC/C=C\C/C=C\CCCCCCCCCCOCC(COC1OC(CO)C(O)C(OS(=O)(=O)O)C1O)OC(=O)CCCCCCC/C=C\CCCCCCCCC. The molecular formula is C49H90O12S. The number of carbonyl (C=O) groups is 1. The van der Waals surface area contributed by atoms with E-state index in [1.807, 2.05) is 0 Å². The standard InChI is InChI=1S/C49H90O12S/c1-3-5-7-9-11-13-15-17-19-21-22-23-25-27-29-31-33-35-37-39-57-41-43(42-58-49-47(53)48(61-62(54,55)56)46(52)44(40-50)60-49)59-45(51)38-36-34-32-30-28-26-24-20-18-16-14-12-10-8-6-4-2/h13,15,19-21,24,43-44,46-50,52-53H,3-12,14,16-18,22-23,25-42H2,1-2H3,(H,54,55,56)/b15-13-,21-19-,24-20-. The summed E-state index contributed by atoms with van der Waals surface area (Å²) < 4.78 is 59.2. The van der Waals surface area contributed by atoms with E-state index < -0.39 is 59.8 Å². The van der Waals surface area contributed by atoms with Gasteiger partial charge in [0.05, 0.1) is 19.8 Å².